The molecular formula is C12H25NOS. The molecule has 3 unspecified atom stereocenters. The van der Waals surface area contributed by atoms with Gasteiger partial charge in [-0.05, 0) is 44.9 Å². The zero-order valence-corrected chi connectivity index (χ0v) is 11.2. The second-order valence-corrected chi connectivity index (χ2v) is 5.37. The lowest BCUT2D eigenvalue weighted by Gasteiger charge is -2.35. The van der Waals surface area contributed by atoms with Crippen LogP contribution in [0.5, 0.6) is 0 Å². The third-order valence-corrected chi connectivity index (χ3v) is 3.31. The summed E-state index contributed by atoms with van der Waals surface area (Å²) in [5.41, 5.74) is 0. The molecule has 0 radical (unpaired) electrons. The van der Waals surface area contributed by atoms with E-state index in [4.69, 9.17) is 4.74 Å². The topological polar surface area (TPSA) is 12.5 Å². The van der Waals surface area contributed by atoms with E-state index in [1.54, 1.807) is 0 Å². The van der Waals surface area contributed by atoms with Crippen LogP contribution in [0.1, 0.15) is 33.6 Å². The van der Waals surface area contributed by atoms with Crippen LogP contribution >= 0.6 is 12.6 Å². The quantitative estimate of drug-likeness (QED) is 0.730. The van der Waals surface area contributed by atoms with Crippen LogP contribution in [0.2, 0.25) is 0 Å². The van der Waals surface area contributed by atoms with Crippen molar-refractivity contribution in [1.29, 1.82) is 0 Å². The Morgan fingerprint density at radius 2 is 1.87 bits per heavy atom. The Kier molecular flexibility index (Phi) is 6.02. The third-order valence-electron chi connectivity index (χ3n) is 3.06. The number of hydrogen-bond acceptors (Lipinski definition) is 3. The highest BCUT2D eigenvalue weighted by Gasteiger charge is 2.21. The molecule has 90 valence electrons. The van der Waals surface area contributed by atoms with Gasteiger partial charge in [-0.2, -0.15) is 12.6 Å². The van der Waals surface area contributed by atoms with Crippen molar-refractivity contribution in [3.8, 4) is 0 Å². The first kappa shape index (κ1) is 13.3. The van der Waals surface area contributed by atoms with Gasteiger partial charge >= 0.3 is 0 Å². The summed E-state index contributed by atoms with van der Waals surface area (Å²) in [5, 5.41) is 0. The Morgan fingerprint density at radius 1 is 1.27 bits per heavy atom. The first-order chi connectivity index (χ1) is 7.11. The van der Waals surface area contributed by atoms with E-state index in [0.717, 1.165) is 24.8 Å². The van der Waals surface area contributed by atoms with E-state index in [2.05, 4.69) is 38.3 Å². The largest absolute Gasteiger partial charge is 0.373 e. The Bertz CT molecular complexity index is 167. The van der Waals surface area contributed by atoms with E-state index in [9.17, 15) is 0 Å². The second-order valence-electron chi connectivity index (χ2n) is 4.92. The zero-order valence-electron chi connectivity index (χ0n) is 10.3. The first-order valence-corrected chi connectivity index (χ1v) is 6.73. The molecule has 1 rings (SSSR count). The zero-order chi connectivity index (χ0) is 11.3. The summed E-state index contributed by atoms with van der Waals surface area (Å²) in [6.45, 7) is 10.1. The van der Waals surface area contributed by atoms with Crippen LogP contribution in [0.3, 0.4) is 0 Å². The summed E-state index contributed by atoms with van der Waals surface area (Å²) in [4.78, 5) is 2.54. The monoisotopic (exact) mass is 231 g/mol. The molecule has 1 saturated heterocycles. The standard InChI is InChI=1S/C12H25NOS/c1-10(5-7-15)4-6-13-8-11(2)14-12(3)9-13/h10-12,15H,4-9H2,1-3H3. The molecule has 1 heterocycles. The minimum atomic E-state index is 0.397. The SMILES string of the molecule is CC(CCS)CCN1CC(C)OC(C)C1. The smallest absolute Gasteiger partial charge is 0.0678 e. The first-order valence-electron chi connectivity index (χ1n) is 6.10. The molecule has 0 saturated carbocycles. The fourth-order valence-electron chi connectivity index (χ4n) is 2.23. The highest BCUT2D eigenvalue weighted by Crippen LogP contribution is 2.14. The van der Waals surface area contributed by atoms with Gasteiger partial charge in [-0.25, -0.2) is 0 Å². The molecule has 3 heteroatoms. The summed E-state index contributed by atoms with van der Waals surface area (Å²) in [6.07, 6.45) is 3.32. The molecule has 0 spiro atoms. The maximum Gasteiger partial charge on any atom is 0.0678 e. The van der Waals surface area contributed by atoms with Crippen molar-refractivity contribution in [2.45, 2.75) is 45.8 Å². The molecule has 15 heavy (non-hydrogen) atoms. The summed E-state index contributed by atoms with van der Waals surface area (Å²) in [6, 6.07) is 0. The molecule has 3 atom stereocenters. The highest BCUT2D eigenvalue weighted by atomic mass is 32.1. The van der Waals surface area contributed by atoms with Crippen molar-refractivity contribution in [1.82, 2.24) is 4.90 Å². The molecular weight excluding hydrogens is 206 g/mol. The molecule has 2 nitrogen and oxygen atoms in total. The molecule has 0 bridgehead atoms. The van der Waals surface area contributed by atoms with Gasteiger partial charge in [0.1, 0.15) is 0 Å². The van der Waals surface area contributed by atoms with Gasteiger partial charge in [-0.1, -0.05) is 6.92 Å². The maximum absolute atomic E-state index is 5.72. The predicted molar refractivity (Wildman–Crippen MR) is 68.7 cm³/mol. The summed E-state index contributed by atoms with van der Waals surface area (Å²) < 4.78 is 5.72. The number of morpholine rings is 1. The van der Waals surface area contributed by atoms with Gasteiger partial charge in [-0.15, -0.1) is 0 Å². The Hall–Kier alpha value is 0.270. The van der Waals surface area contributed by atoms with Crippen molar-refractivity contribution in [2.75, 3.05) is 25.4 Å². The van der Waals surface area contributed by atoms with Crippen LogP contribution in [0.25, 0.3) is 0 Å². The van der Waals surface area contributed by atoms with Gasteiger partial charge in [0.05, 0.1) is 12.2 Å². The lowest BCUT2D eigenvalue weighted by atomic mass is 10.0. The van der Waals surface area contributed by atoms with Crippen LogP contribution in [0.15, 0.2) is 0 Å². The number of thiol groups is 1. The van der Waals surface area contributed by atoms with Crippen LogP contribution in [0, 0.1) is 5.92 Å². The number of rotatable bonds is 5. The van der Waals surface area contributed by atoms with Gasteiger partial charge in [-0.3, -0.25) is 4.90 Å². The van der Waals surface area contributed by atoms with E-state index in [-0.39, 0.29) is 0 Å². The Balaban J connectivity index is 2.20. The molecule has 0 N–H and O–H groups in total. The molecule has 0 aromatic rings. The molecule has 0 aromatic heterocycles. The molecule has 0 amide bonds. The lowest BCUT2D eigenvalue weighted by molar-refractivity contribution is -0.0688. The molecule has 0 aromatic carbocycles. The normalized spacial score (nSPS) is 30.4. The van der Waals surface area contributed by atoms with Crippen molar-refractivity contribution < 1.29 is 4.74 Å². The van der Waals surface area contributed by atoms with Crippen LogP contribution in [-0.4, -0.2) is 42.5 Å². The van der Waals surface area contributed by atoms with Crippen LogP contribution < -0.4 is 0 Å². The number of hydrogen-bond donors (Lipinski definition) is 1. The summed E-state index contributed by atoms with van der Waals surface area (Å²) >= 11 is 4.27. The summed E-state index contributed by atoms with van der Waals surface area (Å²) in [5.74, 6) is 1.81. The van der Waals surface area contributed by atoms with E-state index in [1.807, 2.05) is 0 Å². The molecule has 0 aliphatic carbocycles. The Labute approximate surface area is 99.8 Å². The Morgan fingerprint density at radius 3 is 2.40 bits per heavy atom. The fourth-order valence-corrected chi connectivity index (χ4v) is 2.68. The second kappa shape index (κ2) is 6.77. The van der Waals surface area contributed by atoms with Crippen LogP contribution in [0.4, 0.5) is 0 Å². The minimum absolute atomic E-state index is 0.397. The van der Waals surface area contributed by atoms with Crippen molar-refractivity contribution in [3.05, 3.63) is 0 Å². The summed E-state index contributed by atoms with van der Waals surface area (Å²) in [7, 11) is 0. The van der Waals surface area contributed by atoms with Gasteiger partial charge in [0.15, 0.2) is 0 Å². The molecule has 1 fully saturated rings. The van der Waals surface area contributed by atoms with E-state index < -0.39 is 0 Å². The van der Waals surface area contributed by atoms with Gasteiger partial charge in [0.25, 0.3) is 0 Å². The number of nitrogens with zero attached hydrogens (tertiary/aromatic N) is 1. The highest BCUT2D eigenvalue weighted by molar-refractivity contribution is 7.80. The molecule has 1 aliphatic heterocycles. The van der Waals surface area contributed by atoms with Gasteiger partial charge in [0, 0.05) is 13.1 Å². The third kappa shape index (κ3) is 5.23. The van der Waals surface area contributed by atoms with E-state index >= 15 is 0 Å². The van der Waals surface area contributed by atoms with Crippen molar-refractivity contribution >= 4 is 12.6 Å². The number of ether oxygens (including phenoxy) is 1. The van der Waals surface area contributed by atoms with Crippen molar-refractivity contribution in [2.24, 2.45) is 5.92 Å². The van der Waals surface area contributed by atoms with Crippen LogP contribution in [-0.2, 0) is 4.74 Å². The van der Waals surface area contributed by atoms with Gasteiger partial charge in [0.2, 0.25) is 0 Å². The average Bonchev–Trinajstić information content (AvgIpc) is 2.14. The lowest BCUT2D eigenvalue weighted by Crippen LogP contribution is -2.45. The minimum Gasteiger partial charge on any atom is -0.373 e. The average molecular weight is 231 g/mol. The van der Waals surface area contributed by atoms with Gasteiger partial charge < -0.3 is 4.74 Å². The van der Waals surface area contributed by atoms with E-state index in [0.29, 0.717) is 12.2 Å². The predicted octanol–water partition coefficient (Wildman–Crippen LogP) is 2.44. The van der Waals surface area contributed by atoms with Crippen molar-refractivity contribution in [3.63, 3.8) is 0 Å². The van der Waals surface area contributed by atoms with E-state index in [1.165, 1.54) is 19.4 Å². The molecule has 1 aliphatic rings. The maximum atomic E-state index is 5.72. The fraction of sp³-hybridized carbons (Fsp3) is 1.00.